The molecule has 0 bridgehead atoms. The van der Waals surface area contributed by atoms with Crippen LogP contribution >= 0.6 is 0 Å². The van der Waals surface area contributed by atoms with Crippen molar-refractivity contribution in [3.63, 3.8) is 0 Å². The van der Waals surface area contributed by atoms with Crippen LogP contribution in [0.1, 0.15) is 40.6 Å². The average molecular weight is 361 g/mol. The van der Waals surface area contributed by atoms with E-state index < -0.39 is 0 Å². The summed E-state index contributed by atoms with van der Waals surface area (Å²) in [7, 11) is 0. The van der Waals surface area contributed by atoms with Crippen LogP contribution in [-0.4, -0.2) is 19.9 Å². The fourth-order valence-electron chi connectivity index (χ4n) is 3.92. The fraction of sp³-hybridized carbons (Fsp3) is 0.286. The first-order valence-corrected chi connectivity index (χ1v) is 9.13. The van der Waals surface area contributed by atoms with E-state index in [2.05, 4.69) is 9.55 Å². The van der Waals surface area contributed by atoms with E-state index in [4.69, 9.17) is 4.42 Å². The number of aromatic nitrogens is 3. The maximum absolute atomic E-state index is 12.9. The monoisotopic (exact) mass is 361 g/mol. The number of hydrogen-bond acceptors (Lipinski definition) is 4. The molecule has 0 spiro atoms. The van der Waals surface area contributed by atoms with Crippen molar-refractivity contribution in [1.29, 1.82) is 0 Å². The van der Waals surface area contributed by atoms with Gasteiger partial charge in [-0.25, -0.2) is 4.98 Å². The number of carbonyl (C=O) groups is 1. The maximum Gasteiger partial charge on any atom is 0.297 e. The molecule has 0 saturated heterocycles. The molecule has 4 aromatic rings. The zero-order valence-electron chi connectivity index (χ0n) is 15.2. The van der Waals surface area contributed by atoms with Crippen LogP contribution in [0.25, 0.3) is 22.1 Å². The number of aryl methyl sites for hydroxylation is 1. The molecule has 1 aliphatic rings. The number of benzene rings is 1. The van der Waals surface area contributed by atoms with Crippen molar-refractivity contribution in [2.75, 3.05) is 0 Å². The van der Waals surface area contributed by atoms with Gasteiger partial charge in [0.25, 0.3) is 5.56 Å². The molecule has 3 aromatic heterocycles. The topological polar surface area (TPSA) is 70.0 Å². The second-order valence-corrected chi connectivity index (χ2v) is 7.26. The van der Waals surface area contributed by atoms with Gasteiger partial charge in [0.05, 0.1) is 12.9 Å². The van der Waals surface area contributed by atoms with Crippen LogP contribution in [0.5, 0.6) is 0 Å². The Hall–Kier alpha value is -3.15. The Bertz CT molecular complexity index is 1270. The van der Waals surface area contributed by atoms with Crippen LogP contribution in [0.2, 0.25) is 0 Å². The molecule has 0 aliphatic heterocycles. The predicted octanol–water partition coefficient (Wildman–Crippen LogP) is 3.78. The van der Waals surface area contributed by atoms with Crippen LogP contribution in [0.3, 0.4) is 0 Å². The maximum atomic E-state index is 12.9. The normalized spacial score (nSPS) is 14.3. The lowest BCUT2D eigenvalue weighted by Crippen LogP contribution is -2.24. The minimum atomic E-state index is -0.333. The smallest absolute Gasteiger partial charge is 0.297 e. The van der Waals surface area contributed by atoms with Crippen molar-refractivity contribution in [1.82, 2.24) is 14.1 Å². The van der Waals surface area contributed by atoms with Gasteiger partial charge in [-0.05, 0) is 44.9 Å². The number of rotatable bonds is 4. The van der Waals surface area contributed by atoms with Crippen LogP contribution in [0.15, 0.2) is 45.9 Å². The Morgan fingerprint density at radius 3 is 2.81 bits per heavy atom. The Kier molecular flexibility index (Phi) is 3.37. The van der Waals surface area contributed by atoms with Gasteiger partial charge in [-0.3, -0.25) is 14.2 Å². The molecule has 1 fully saturated rings. The third-order valence-electron chi connectivity index (χ3n) is 5.36. The van der Waals surface area contributed by atoms with Crippen molar-refractivity contribution in [3.05, 3.63) is 64.0 Å². The molecule has 6 heteroatoms. The number of ketones is 1. The van der Waals surface area contributed by atoms with E-state index in [0.29, 0.717) is 22.7 Å². The largest absolute Gasteiger partial charge is 0.448 e. The van der Waals surface area contributed by atoms with E-state index in [0.717, 1.165) is 29.6 Å². The lowest BCUT2D eigenvalue weighted by Gasteiger charge is -2.08. The molecular weight excluding hydrogens is 342 g/mol. The molecule has 5 rings (SSSR count). The number of carbonyl (C=O) groups excluding carboxylic acids is 1. The third-order valence-corrected chi connectivity index (χ3v) is 5.36. The summed E-state index contributed by atoms with van der Waals surface area (Å²) in [6.45, 7) is 3.95. The van der Waals surface area contributed by atoms with E-state index in [1.54, 1.807) is 6.07 Å². The van der Waals surface area contributed by atoms with Gasteiger partial charge in [-0.15, -0.1) is 0 Å². The Balaban J connectivity index is 1.54. The highest BCUT2D eigenvalue weighted by atomic mass is 16.3. The number of para-hydroxylation sites is 1. The molecular formula is C21H19N3O3. The Morgan fingerprint density at radius 2 is 2.04 bits per heavy atom. The lowest BCUT2D eigenvalue weighted by atomic mass is 10.1. The summed E-state index contributed by atoms with van der Waals surface area (Å²) in [5, 5.41) is 0.802. The molecule has 136 valence electrons. The molecule has 3 heterocycles. The first kappa shape index (κ1) is 16.1. The van der Waals surface area contributed by atoms with Gasteiger partial charge in [0.1, 0.15) is 11.1 Å². The van der Waals surface area contributed by atoms with Crippen LogP contribution in [0, 0.1) is 13.8 Å². The molecule has 0 N–H and O–H groups in total. The number of furan rings is 1. The number of Topliss-reactive ketones (excluding diaryl/α,β-unsaturated/α-hetero) is 1. The van der Waals surface area contributed by atoms with Crippen molar-refractivity contribution >= 4 is 27.9 Å². The molecule has 6 nitrogen and oxygen atoms in total. The van der Waals surface area contributed by atoms with Crippen molar-refractivity contribution in [2.45, 2.75) is 39.3 Å². The fourth-order valence-corrected chi connectivity index (χ4v) is 3.92. The standard InChI is InChI=1S/C21H19N3O3/c1-12-9-16(13(2)24(12)14-7-8-14)17(25)10-23-11-22-19-15-5-3-4-6-18(15)27-20(19)21(23)26/h3-6,9,11,14H,7-8,10H2,1-2H3. The van der Waals surface area contributed by atoms with E-state index in [1.165, 1.54) is 10.9 Å². The van der Waals surface area contributed by atoms with Gasteiger partial charge < -0.3 is 8.98 Å². The number of hydrogen-bond donors (Lipinski definition) is 0. The SMILES string of the molecule is Cc1cc(C(=O)Cn2cnc3c(oc4ccccc43)c2=O)c(C)n1C1CC1. The summed E-state index contributed by atoms with van der Waals surface area (Å²) < 4.78 is 9.25. The first-order chi connectivity index (χ1) is 13.0. The Labute approximate surface area is 155 Å². The highest BCUT2D eigenvalue weighted by Crippen LogP contribution is 2.38. The highest BCUT2D eigenvalue weighted by Gasteiger charge is 2.28. The summed E-state index contributed by atoms with van der Waals surface area (Å²) in [6.07, 6.45) is 3.76. The minimum Gasteiger partial charge on any atom is -0.448 e. The van der Waals surface area contributed by atoms with Gasteiger partial charge >= 0.3 is 0 Å². The zero-order valence-corrected chi connectivity index (χ0v) is 15.2. The van der Waals surface area contributed by atoms with E-state index in [-0.39, 0.29) is 23.5 Å². The zero-order chi connectivity index (χ0) is 18.7. The summed E-state index contributed by atoms with van der Waals surface area (Å²) >= 11 is 0. The van der Waals surface area contributed by atoms with E-state index in [1.807, 2.05) is 38.1 Å². The number of fused-ring (bicyclic) bond motifs is 3. The third kappa shape index (κ3) is 2.44. The lowest BCUT2D eigenvalue weighted by molar-refractivity contribution is 0.0970. The van der Waals surface area contributed by atoms with Crippen LogP contribution < -0.4 is 5.56 Å². The van der Waals surface area contributed by atoms with Crippen molar-refractivity contribution in [3.8, 4) is 0 Å². The van der Waals surface area contributed by atoms with Gasteiger partial charge in [-0.1, -0.05) is 12.1 Å². The summed E-state index contributed by atoms with van der Waals surface area (Å²) in [5.74, 6) is -0.0886. The highest BCUT2D eigenvalue weighted by molar-refractivity contribution is 6.02. The second kappa shape index (κ2) is 5.67. The molecule has 27 heavy (non-hydrogen) atoms. The van der Waals surface area contributed by atoms with Gasteiger partial charge in [0.2, 0.25) is 5.58 Å². The minimum absolute atomic E-state index is 0.0478. The molecule has 0 amide bonds. The first-order valence-electron chi connectivity index (χ1n) is 9.13. The van der Waals surface area contributed by atoms with Gasteiger partial charge in [0, 0.05) is 28.4 Å². The Morgan fingerprint density at radius 1 is 1.26 bits per heavy atom. The predicted molar refractivity (Wildman–Crippen MR) is 102 cm³/mol. The van der Waals surface area contributed by atoms with Crippen LogP contribution in [0.4, 0.5) is 0 Å². The summed E-state index contributed by atoms with van der Waals surface area (Å²) in [6, 6.07) is 9.84. The van der Waals surface area contributed by atoms with Gasteiger partial charge in [0.15, 0.2) is 5.78 Å². The average Bonchev–Trinajstić information content (AvgIpc) is 3.34. The van der Waals surface area contributed by atoms with Crippen molar-refractivity contribution < 1.29 is 9.21 Å². The van der Waals surface area contributed by atoms with E-state index in [9.17, 15) is 9.59 Å². The van der Waals surface area contributed by atoms with Crippen LogP contribution in [-0.2, 0) is 6.54 Å². The quantitative estimate of drug-likeness (QED) is 0.519. The molecule has 0 atom stereocenters. The summed E-state index contributed by atoms with van der Waals surface area (Å²) in [5.41, 5.74) is 3.76. The molecule has 1 saturated carbocycles. The number of nitrogens with zero attached hydrogens (tertiary/aromatic N) is 3. The summed E-state index contributed by atoms with van der Waals surface area (Å²) in [4.78, 5) is 30.1. The molecule has 1 aromatic carbocycles. The molecule has 0 unspecified atom stereocenters. The second-order valence-electron chi connectivity index (χ2n) is 7.26. The molecule has 0 radical (unpaired) electrons. The van der Waals surface area contributed by atoms with Gasteiger partial charge in [-0.2, -0.15) is 0 Å². The van der Waals surface area contributed by atoms with E-state index >= 15 is 0 Å². The van der Waals surface area contributed by atoms with Crippen molar-refractivity contribution in [2.24, 2.45) is 0 Å². The molecule has 1 aliphatic carbocycles.